The highest BCUT2D eigenvalue weighted by atomic mass is 16.6. The van der Waals surface area contributed by atoms with E-state index in [9.17, 15) is 15.0 Å². The fourth-order valence-electron chi connectivity index (χ4n) is 2.33. The predicted octanol–water partition coefficient (Wildman–Crippen LogP) is -2.97. The third-order valence-electron chi connectivity index (χ3n) is 3.35. The molecule has 2 aliphatic rings. The van der Waals surface area contributed by atoms with Crippen LogP contribution in [0.25, 0.3) is 0 Å². The van der Waals surface area contributed by atoms with Gasteiger partial charge in [0.2, 0.25) is 0 Å². The second kappa shape index (κ2) is 4.54. The summed E-state index contributed by atoms with van der Waals surface area (Å²) in [4.78, 5) is 18.1. The Morgan fingerprint density at radius 3 is 2.95 bits per heavy atom. The lowest BCUT2D eigenvalue weighted by molar-refractivity contribution is -0.0249. The van der Waals surface area contributed by atoms with Gasteiger partial charge in [0, 0.05) is 6.54 Å². The lowest BCUT2D eigenvalue weighted by atomic mass is 10.1. The molecular weight excluding hydrogens is 256 g/mol. The van der Waals surface area contributed by atoms with E-state index in [-0.39, 0.29) is 12.1 Å². The smallest absolute Gasteiger partial charge is 0.257 e. The van der Waals surface area contributed by atoms with Crippen molar-refractivity contribution in [2.75, 3.05) is 11.6 Å². The van der Waals surface area contributed by atoms with Crippen molar-refractivity contribution >= 4 is 5.82 Å². The van der Waals surface area contributed by atoms with Gasteiger partial charge in [0.1, 0.15) is 18.3 Å². The van der Waals surface area contributed by atoms with Crippen molar-refractivity contribution < 1.29 is 20.1 Å². The summed E-state index contributed by atoms with van der Waals surface area (Å²) in [5.74, 6) is 0.346. The van der Waals surface area contributed by atoms with E-state index in [1.54, 1.807) is 0 Å². The summed E-state index contributed by atoms with van der Waals surface area (Å²) in [7, 11) is 0. The zero-order valence-corrected chi connectivity index (χ0v) is 9.85. The molecule has 2 aliphatic heterocycles. The van der Waals surface area contributed by atoms with E-state index < -0.39 is 31.1 Å². The van der Waals surface area contributed by atoms with Crippen molar-refractivity contribution in [1.82, 2.24) is 15.4 Å². The van der Waals surface area contributed by atoms with E-state index in [1.807, 2.05) is 0 Å². The number of nitrogens with one attached hydrogen (secondary N) is 2. The summed E-state index contributed by atoms with van der Waals surface area (Å²) >= 11 is 0. The average molecular weight is 270 g/mol. The Hall–Kier alpha value is -1.52. The molecule has 0 bridgehead atoms. The number of fused-ring (bicyclic) bond motifs is 1. The van der Waals surface area contributed by atoms with Gasteiger partial charge >= 0.3 is 0 Å². The molecule has 104 valence electrons. The predicted molar refractivity (Wildman–Crippen MR) is 61.9 cm³/mol. The molecule has 0 amide bonds. The van der Waals surface area contributed by atoms with Gasteiger partial charge in [0.05, 0.1) is 18.5 Å². The summed E-state index contributed by atoms with van der Waals surface area (Å²) < 4.78 is 5.38. The van der Waals surface area contributed by atoms with E-state index in [0.29, 0.717) is 11.4 Å². The number of H-pyrrole nitrogens is 1. The minimum atomic E-state index is -1.21. The largest absolute Gasteiger partial charge is 0.394 e. The highest BCUT2D eigenvalue weighted by molar-refractivity contribution is 5.49. The molecule has 0 saturated carbocycles. The number of anilines is 1. The molecule has 0 aromatic carbocycles. The van der Waals surface area contributed by atoms with E-state index >= 15 is 0 Å². The van der Waals surface area contributed by atoms with Crippen LogP contribution in [0.1, 0.15) is 5.56 Å². The van der Waals surface area contributed by atoms with E-state index in [1.165, 1.54) is 11.3 Å². The number of hydrazine groups is 1. The summed E-state index contributed by atoms with van der Waals surface area (Å²) in [5.41, 5.74) is 3.03. The van der Waals surface area contributed by atoms with Crippen molar-refractivity contribution in [1.29, 1.82) is 0 Å². The Labute approximate surface area is 107 Å². The van der Waals surface area contributed by atoms with Crippen LogP contribution in [0, 0.1) is 0 Å². The maximum atomic E-state index is 11.6. The number of aromatic nitrogens is 2. The van der Waals surface area contributed by atoms with Gasteiger partial charge in [0.25, 0.3) is 5.56 Å². The number of nitrogens with zero attached hydrogens (tertiary/aromatic N) is 2. The maximum absolute atomic E-state index is 11.6. The van der Waals surface area contributed by atoms with E-state index in [2.05, 4.69) is 15.4 Å². The molecule has 1 saturated heterocycles. The molecule has 19 heavy (non-hydrogen) atoms. The van der Waals surface area contributed by atoms with Crippen LogP contribution < -0.4 is 16.0 Å². The molecule has 3 heterocycles. The second-order valence-corrected chi connectivity index (χ2v) is 4.47. The monoisotopic (exact) mass is 270 g/mol. The Morgan fingerprint density at radius 1 is 1.47 bits per heavy atom. The number of hydrogen-bond acceptors (Lipinski definition) is 8. The van der Waals surface area contributed by atoms with Gasteiger partial charge in [-0.3, -0.25) is 9.80 Å². The maximum Gasteiger partial charge on any atom is 0.257 e. The van der Waals surface area contributed by atoms with E-state index in [0.717, 1.165) is 0 Å². The van der Waals surface area contributed by atoms with Crippen LogP contribution in [0.15, 0.2) is 11.1 Å². The first-order valence-corrected chi connectivity index (χ1v) is 5.85. The summed E-state index contributed by atoms with van der Waals surface area (Å²) in [5, 5.41) is 30.1. The standard InChI is InChI=1S/C10H14N4O5/c15-2-5-6(16)7(17)10(19-5)14-8-4(1-13-14)9(18)12-3-11-8/h3,5-7,10,13,15-17H,1-2H2,(H,11,12,18)/t5-,6-,7-,10-/m1/s1. The van der Waals surface area contributed by atoms with Crippen LogP contribution in [-0.2, 0) is 11.3 Å². The highest BCUT2D eigenvalue weighted by Gasteiger charge is 2.47. The summed E-state index contributed by atoms with van der Waals surface area (Å²) in [6.07, 6.45) is -2.93. The van der Waals surface area contributed by atoms with Gasteiger partial charge in [-0.2, -0.15) is 0 Å². The fraction of sp³-hybridized carbons (Fsp3) is 0.600. The molecule has 1 fully saturated rings. The van der Waals surface area contributed by atoms with Crippen LogP contribution in [0.3, 0.4) is 0 Å². The topological polar surface area (TPSA) is 131 Å². The second-order valence-electron chi connectivity index (χ2n) is 4.47. The first-order chi connectivity index (χ1) is 9.13. The van der Waals surface area contributed by atoms with Crippen molar-refractivity contribution in [3.05, 3.63) is 22.2 Å². The van der Waals surface area contributed by atoms with Gasteiger partial charge in [0.15, 0.2) is 12.0 Å². The fourth-order valence-corrected chi connectivity index (χ4v) is 2.33. The molecule has 0 unspecified atom stereocenters. The zero-order valence-electron chi connectivity index (χ0n) is 9.85. The van der Waals surface area contributed by atoms with Gasteiger partial charge < -0.3 is 25.0 Å². The first-order valence-electron chi connectivity index (χ1n) is 5.85. The number of aliphatic hydroxyl groups is 3. The SMILES string of the molecule is O=c1[nH]cnc2c1CNN2[C@@H]1O[C@H](CO)[C@@H](O)[C@H]1O. The molecular formula is C10H14N4O5. The molecule has 0 radical (unpaired) electrons. The third-order valence-corrected chi connectivity index (χ3v) is 3.35. The number of rotatable bonds is 2. The Bertz CT molecular complexity index is 535. The molecule has 0 spiro atoms. The van der Waals surface area contributed by atoms with Gasteiger partial charge in [-0.15, -0.1) is 0 Å². The van der Waals surface area contributed by atoms with Crippen LogP contribution in [0.5, 0.6) is 0 Å². The molecule has 1 aromatic rings. The summed E-state index contributed by atoms with van der Waals surface area (Å²) in [6, 6.07) is 0. The number of ether oxygens (including phenoxy) is 1. The number of aromatic amines is 1. The normalized spacial score (nSPS) is 33.7. The third kappa shape index (κ3) is 1.83. The lowest BCUT2D eigenvalue weighted by Crippen LogP contribution is -2.49. The number of hydrogen-bond donors (Lipinski definition) is 5. The van der Waals surface area contributed by atoms with Gasteiger partial charge in [-0.05, 0) is 0 Å². The van der Waals surface area contributed by atoms with Crippen LogP contribution in [0.4, 0.5) is 5.82 Å². The molecule has 4 atom stereocenters. The minimum Gasteiger partial charge on any atom is -0.394 e. The van der Waals surface area contributed by atoms with Crippen molar-refractivity contribution in [3.63, 3.8) is 0 Å². The molecule has 5 N–H and O–H groups in total. The zero-order chi connectivity index (χ0) is 13.6. The van der Waals surface area contributed by atoms with Crippen LogP contribution in [-0.4, -0.2) is 56.4 Å². The quantitative estimate of drug-likeness (QED) is 0.385. The molecule has 9 nitrogen and oxygen atoms in total. The number of aliphatic hydroxyl groups excluding tert-OH is 3. The van der Waals surface area contributed by atoms with Crippen molar-refractivity contribution in [3.8, 4) is 0 Å². The Balaban J connectivity index is 1.90. The molecule has 1 aromatic heterocycles. The first kappa shape index (κ1) is 12.5. The van der Waals surface area contributed by atoms with Gasteiger partial charge in [-0.1, -0.05) is 0 Å². The van der Waals surface area contributed by atoms with Crippen LogP contribution >= 0.6 is 0 Å². The average Bonchev–Trinajstić information content (AvgIpc) is 2.94. The van der Waals surface area contributed by atoms with E-state index in [4.69, 9.17) is 9.84 Å². The van der Waals surface area contributed by atoms with Crippen LogP contribution in [0.2, 0.25) is 0 Å². The molecule has 0 aliphatic carbocycles. The van der Waals surface area contributed by atoms with Crippen molar-refractivity contribution in [2.24, 2.45) is 0 Å². The Kier molecular flexibility index (Phi) is 2.99. The molecule has 9 heteroatoms. The van der Waals surface area contributed by atoms with Gasteiger partial charge in [-0.25, -0.2) is 10.4 Å². The molecule has 3 rings (SSSR count). The lowest BCUT2D eigenvalue weighted by Gasteiger charge is -2.27. The summed E-state index contributed by atoms with van der Waals surface area (Å²) in [6.45, 7) is -0.150. The van der Waals surface area contributed by atoms with Crippen molar-refractivity contribution in [2.45, 2.75) is 31.1 Å². The minimum absolute atomic E-state index is 0.255. The Morgan fingerprint density at radius 2 is 2.26 bits per heavy atom. The highest BCUT2D eigenvalue weighted by Crippen LogP contribution is 2.29.